The van der Waals surface area contributed by atoms with E-state index in [1.54, 1.807) is 22.0 Å². The number of hydrogen-bond donors (Lipinski definition) is 0. The van der Waals surface area contributed by atoms with Gasteiger partial charge in [0.1, 0.15) is 12.2 Å². The lowest BCUT2D eigenvalue weighted by atomic mass is 10.3. The number of carbonyl (C=O) groups is 1. The molecule has 3 aromatic rings. The molecule has 3 heterocycles. The zero-order chi connectivity index (χ0) is 14.7. The van der Waals surface area contributed by atoms with Gasteiger partial charge in [-0.3, -0.25) is 9.48 Å². The molecule has 0 saturated carbocycles. The lowest BCUT2D eigenvalue weighted by molar-refractivity contribution is -0.132. The van der Waals surface area contributed by atoms with Crippen molar-refractivity contribution in [2.24, 2.45) is 0 Å². The molecule has 3 rings (SSSR count). The topological polar surface area (TPSA) is 55.4 Å². The van der Waals surface area contributed by atoms with Crippen molar-refractivity contribution in [2.45, 2.75) is 20.0 Å². The normalized spacial score (nSPS) is 10.9. The summed E-state index contributed by atoms with van der Waals surface area (Å²) in [6.07, 6.45) is 7.25. The van der Waals surface area contributed by atoms with E-state index in [4.69, 9.17) is 0 Å². The molecule has 0 spiro atoms. The molecule has 0 aromatic carbocycles. The Kier molecular flexibility index (Phi) is 3.68. The first kappa shape index (κ1) is 13.4. The molecular formula is C15H17N5O. The SMILES string of the molecule is CCN(Cc1cnc2ccccn12)C(=O)Cn1cccn1. The van der Waals surface area contributed by atoms with Gasteiger partial charge in [-0.05, 0) is 25.1 Å². The van der Waals surface area contributed by atoms with E-state index >= 15 is 0 Å². The lowest BCUT2D eigenvalue weighted by Gasteiger charge is -2.20. The van der Waals surface area contributed by atoms with Gasteiger partial charge in [0.2, 0.25) is 5.91 Å². The molecule has 0 bridgehead atoms. The maximum Gasteiger partial charge on any atom is 0.244 e. The number of pyridine rings is 1. The Morgan fingerprint density at radius 2 is 2.19 bits per heavy atom. The fourth-order valence-corrected chi connectivity index (χ4v) is 2.31. The summed E-state index contributed by atoms with van der Waals surface area (Å²) in [5, 5.41) is 4.07. The average molecular weight is 283 g/mol. The minimum absolute atomic E-state index is 0.0482. The van der Waals surface area contributed by atoms with Gasteiger partial charge in [-0.1, -0.05) is 6.07 Å². The number of nitrogens with zero attached hydrogens (tertiary/aromatic N) is 5. The molecule has 108 valence electrons. The van der Waals surface area contributed by atoms with E-state index < -0.39 is 0 Å². The van der Waals surface area contributed by atoms with Gasteiger partial charge in [0.25, 0.3) is 0 Å². The third kappa shape index (κ3) is 2.79. The zero-order valence-corrected chi connectivity index (χ0v) is 11.9. The summed E-state index contributed by atoms with van der Waals surface area (Å²) in [5.74, 6) is 0.0482. The maximum absolute atomic E-state index is 12.3. The fraction of sp³-hybridized carbons (Fsp3) is 0.267. The van der Waals surface area contributed by atoms with E-state index in [2.05, 4.69) is 10.1 Å². The number of likely N-dealkylation sites (N-methyl/N-ethyl adjacent to an activating group) is 1. The Labute approximate surface area is 122 Å². The molecule has 0 fully saturated rings. The molecule has 21 heavy (non-hydrogen) atoms. The maximum atomic E-state index is 12.3. The van der Waals surface area contributed by atoms with Crippen LogP contribution in [0.4, 0.5) is 0 Å². The van der Waals surface area contributed by atoms with Crippen LogP contribution >= 0.6 is 0 Å². The zero-order valence-electron chi connectivity index (χ0n) is 11.9. The van der Waals surface area contributed by atoms with Crippen LogP contribution in [-0.4, -0.2) is 36.5 Å². The predicted octanol–water partition coefficient (Wildman–Crippen LogP) is 1.58. The summed E-state index contributed by atoms with van der Waals surface area (Å²) in [6.45, 7) is 3.43. The van der Waals surface area contributed by atoms with Crippen molar-refractivity contribution in [3.05, 3.63) is 54.7 Å². The number of fused-ring (bicyclic) bond motifs is 1. The largest absolute Gasteiger partial charge is 0.335 e. The number of amides is 1. The molecule has 0 unspecified atom stereocenters. The van der Waals surface area contributed by atoms with Gasteiger partial charge >= 0.3 is 0 Å². The standard InChI is InChI=1S/C15H17N5O/c1-2-18(15(21)12-19-8-5-7-17-19)11-13-10-16-14-6-3-4-9-20(13)14/h3-10H,2,11-12H2,1H3. The third-order valence-corrected chi connectivity index (χ3v) is 3.44. The van der Waals surface area contributed by atoms with Gasteiger partial charge in [-0.2, -0.15) is 5.10 Å². The highest BCUT2D eigenvalue weighted by Crippen LogP contribution is 2.09. The second-order valence-electron chi connectivity index (χ2n) is 4.79. The van der Waals surface area contributed by atoms with Crippen molar-refractivity contribution in [1.82, 2.24) is 24.1 Å². The Balaban J connectivity index is 1.76. The number of carbonyl (C=O) groups excluding carboxylic acids is 1. The average Bonchev–Trinajstić information content (AvgIpc) is 3.14. The van der Waals surface area contributed by atoms with Crippen molar-refractivity contribution in [3.63, 3.8) is 0 Å². The Hall–Kier alpha value is -2.63. The first-order chi connectivity index (χ1) is 10.3. The summed E-state index contributed by atoms with van der Waals surface area (Å²) < 4.78 is 3.64. The van der Waals surface area contributed by atoms with Crippen LogP contribution < -0.4 is 0 Å². The molecule has 6 heteroatoms. The van der Waals surface area contributed by atoms with E-state index in [0.29, 0.717) is 13.1 Å². The summed E-state index contributed by atoms with van der Waals surface area (Å²) in [4.78, 5) is 18.5. The molecule has 0 radical (unpaired) electrons. The van der Waals surface area contributed by atoms with E-state index in [-0.39, 0.29) is 12.5 Å². The highest BCUT2D eigenvalue weighted by Gasteiger charge is 2.15. The van der Waals surface area contributed by atoms with E-state index in [0.717, 1.165) is 11.3 Å². The van der Waals surface area contributed by atoms with Gasteiger partial charge in [-0.15, -0.1) is 0 Å². The highest BCUT2D eigenvalue weighted by atomic mass is 16.2. The molecule has 0 aliphatic heterocycles. The van der Waals surface area contributed by atoms with Crippen molar-refractivity contribution in [3.8, 4) is 0 Å². The fourth-order valence-electron chi connectivity index (χ4n) is 2.31. The predicted molar refractivity (Wildman–Crippen MR) is 78.5 cm³/mol. The molecule has 0 N–H and O–H groups in total. The van der Waals surface area contributed by atoms with Gasteiger partial charge < -0.3 is 9.30 Å². The van der Waals surface area contributed by atoms with Crippen LogP contribution in [0, 0.1) is 0 Å². The molecule has 0 atom stereocenters. The monoisotopic (exact) mass is 283 g/mol. The highest BCUT2D eigenvalue weighted by molar-refractivity contribution is 5.75. The van der Waals surface area contributed by atoms with E-state index in [1.165, 1.54) is 0 Å². The second-order valence-corrected chi connectivity index (χ2v) is 4.79. The van der Waals surface area contributed by atoms with Gasteiger partial charge in [0, 0.05) is 25.1 Å². The molecule has 3 aromatic heterocycles. The number of imidazole rings is 1. The third-order valence-electron chi connectivity index (χ3n) is 3.44. The lowest BCUT2D eigenvalue weighted by Crippen LogP contribution is -2.33. The Morgan fingerprint density at radius 1 is 1.29 bits per heavy atom. The smallest absolute Gasteiger partial charge is 0.244 e. The first-order valence-corrected chi connectivity index (χ1v) is 6.94. The van der Waals surface area contributed by atoms with Crippen LogP contribution in [0.25, 0.3) is 5.65 Å². The minimum Gasteiger partial charge on any atom is -0.335 e. The summed E-state index contributed by atoms with van der Waals surface area (Å²) in [7, 11) is 0. The summed E-state index contributed by atoms with van der Waals surface area (Å²) in [5.41, 5.74) is 1.89. The van der Waals surface area contributed by atoms with Crippen LogP contribution in [-0.2, 0) is 17.9 Å². The van der Waals surface area contributed by atoms with Crippen molar-refractivity contribution in [2.75, 3.05) is 6.54 Å². The molecular weight excluding hydrogens is 266 g/mol. The van der Waals surface area contributed by atoms with E-state index in [1.807, 2.05) is 48.0 Å². The summed E-state index contributed by atoms with van der Waals surface area (Å²) >= 11 is 0. The summed E-state index contributed by atoms with van der Waals surface area (Å²) in [6, 6.07) is 7.67. The molecule has 6 nitrogen and oxygen atoms in total. The van der Waals surface area contributed by atoms with Crippen LogP contribution in [0.2, 0.25) is 0 Å². The van der Waals surface area contributed by atoms with Crippen LogP contribution in [0.15, 0.2) is 49.1 Å². The van der Waals surface area contributed by atoms with Gasteiger partial charge in [0.15, 0.2) is 0 Å². The van der Waals surface area contributed by atoms with Gasteiger partial charge in [0.05, 0.1) is 18.4 Å². The Bertz CT molecular complexity index is 731. The van der Waals surface area contributed by atoms with E-state index in [9.17, 15) is 4.79 Å². The molecule has 0 aliphatic rings. The molecule has 0 aliphatic carbocycles. The number of hydrogen-bond acceptors (Lipinski definition) is 3. The minimum atomic E-state index is 0.0482. The number of rotatable bonds is 5. The van der Waals surface area contributed by atoms with Crippen molar-refractivity contribution in [1.29, 1.82) is 0 Å². The Morgan fingerprint density at radius 3 is 2.95 bits per heavy atom. The van der Waals surface area contributed by atoms with Gasteiger partial charge in [-0.25, -0.2) is 4.98 Å². The van der Waals surface area contributed by atoms with Crippen LogP contribution in [0.5, 0.6) is 0 Å². The number of aromatic nitrogens is 4. The quantitative estimate of drug-likeness (QED) is 0.714. The second kappa shape index (κ2) is 5.78. The van der Waals surface area contributed by atoms with Crippen LogP contribution in [0.1, 0.15) is 12.6 Å². The van der Waals surface area contributed by atoms with Crippen molar-refractivity contribution >= 4 is 11.6 Å². The molecule has 1 amide bonds. The first-order valence-electron chi connectivity index (χ1n) is 6.94. The van der Waals surface area contributed by atoms with Crippen molar-refractivity contribution < 1.29 is 4.79 Å². The van der Waals surface area contributed by atoms with Crippen LogP contribution in [0.3, 0.4) is 0 Å². The molecule has 0 saturated heterocycles.